The Labute approximate surface area is 321 Å². The van der Waals surface area contributed by atoms with Gasteiger partial charge >= 0.3 is 5.69 Å². The number of rotatable bonds is 10. The fourth-order valence-corrected chi connectivity index (χ4v) is 8.89. The number of nitrogens with zero attached hydrogens (tertiary/aromatic N) is 9. The molecule has 3 amide bonds. The van der Waals surface area contributed by atoms with E-state index in [2.05, 4.69) is 42.7 Å². The Balaban J connectivity index is 0.866. The normalized spacial score (nSPS) is 21.1. The lowest BCUT2D eigenvalue weighted by molar-refractivity contribution is -0.135. The molecule has 8 rings (SSSR count). The second-order valence-electron chi connectivity index (χ2n) is 15.5. The molecule has 4 aromatic heterocycles. The van der Waals surface area contributed by atoms with Crippen molar-refractivity contribution in [3.63, 3.8) is 0 Å². The number of halogens is 2. The Hall–Kier alpha value is -5.45. The highest BCUT2D eigenvalue weighted by molar-refractivity contribution is 6.08. The molecule has 15 nitrogen and oxygen atoms in total. The van der Waals surface area contributed by atoms with Gasteiger partial charge < -0.3 is 15.1 Å². The molecular weight excluding hydrogens is 724 g/mol. The minimum atomic E-state index is -2.85. The zero-order valence-electron chi connectivity index (χ0n) is 31.8. The van der Waals surface area contributed by atoms with Gasteiger partial charge in [-0.2, -0.15) is 10.2 Å². The molecule has 1 aromatic carbocycles. The minimum absolute atomic E-state index is 0.00642. The maximum absolute atomic E-state index is 14.1. The van der Waals surface area contributed by atoms with Crippen molar-refractivity contribution in [1.29, 1.82) is 0 Å². The number of imide groups is 1. The van der Waals surface area contributed by atoms with Crippen LogP contribution in [0.25, 0.3) is 16.7 Å². The Morgan fingerprint density at radius 2 is 1.80 bits per heavy atom. The molecule has 1 saturated carbocycles. The predicted molar refractivity (Wildman–Crippen MR) is 205 cm³/mol. The third-order valence-corrected chi connectivity index (χ3v) is 12.0. The van der Waals surface area contributed by atoms with Crippen LogP contribution in [-0.4, -0.2) is 88.9 Å². The largest absolute Gasteiger partial charge is 0.370 e. The maximum Gasteiger partial charge on any atom is 0.329 e. The number of para-hydroxylation sites is 1. The summed E-state index contributed by atoms with van der Waals surface area (Å²) in [5.41, 5.74) is 3.21. The fourth-order valence-electron chi connectivity index (χ4n) is 8.89. The first-order chi connectivity index (χ1) is 27.0. The van der Waals surface area contributed by atoms with Crippen LogP contribution in [0.5, 0.6) is 0 Å². The lowest BCUT2D eigenvalue weighted by Crippen LogP contribution is -2.45. The molecular formula is C39H47F2N11O4. The summed E-state index contributed by atoms with van der Waals surface area (Å²) in [6.07, 6.45) is 10.2. The van der Waals surface area contributed by atoms with Gasteiger partial charge in [-0.1, -0.05) is 13.0 Å². The maximum atomic E-state index is 14.1. The van der Waals surface area contributed by atoms with Crippen LogP contribution in [0.2, 0.25) is 0 Å². The molecule has 56 heavy (non-hydrogen) atoms. The van der Waals surface area contributed by atoms with Gasteiger partial charge in [-0.05, 0) is 82.0 Å². The van der Waals surface area contributed by atoms with Gasteiger partial charge in [0.1, 0.15) is 11.6 Å². The number of nitrogens with one attached hydrogen (secondary N) is 2. The van der Waals surface area contributed by atoms with Crippen molar-refractivity contribution in [2.45, 2.75) is 89.3 Å². The first kappa shape index (κ1) is 37.5. The van der Waals surface area contributed by atoms with E-state index in [0.717, 1.165) is 81.3 Å². The third-order valence-electron chi connectivity index (χ3n) is 12.0. The van der Waals surface area contributed by atoms with Gasteiger partial charge in [-0.25, -0.2) is 23.1 Å². The second kappa shape index (κ2) is 15.2. The number of piperidine rings is 2. The van der Waals surface area contributed by atoms with Crippen molar-refractivity contribution >= 4 is 45.8 Å². The first-order valence-corrected chi connectivity index (χ1v) is 19.5. The quantitative estimate of drug-likeness (QED) is 0.193. The van der Waals surface area contributed by atoms with E-state index in [4.69, 9.17) is 0 Å². The van der Waals surface area contributed by atoms with Crippen molar-refractivity contribution in [2.24, 2.45) is 13.0 Å². The lowest BCUT2D eigenvalue weighted by Gasteiger charge is -2.40. The lowest BCUT2D eigenvalue weighted by atomic mass is 9.85. The number of amides is 3. The van der Waals surface area contributed by atoms with Crippen LogP contribution in [0.3, 0.4) is 0 Å². The van der Waals surface area contributed by atoms with E-state index >= 15 is 0 Å². The average molecular weight is 772 g/mol. The summed E-state index contributed by atoms with van der Waals surface area (Å²) < 4.78 is 34.5. The van der Waals surface area contributed by atoms with Crippen LogP contribution >= 0.6 is 0 Å². The zero-order chi connectivity index (χ0) is 39.2. The molecule has 0 radical (unpaired) electrons. The summed E-state index contributed by atoms with van der Waals surface area (Å²) in [4.78, 5) is 60.2. The number of hydrogen-bond acceptors (Lipinski definition) is 9. The van der Waals surface area contributed by atoms with E-state index in [-0.39, 0.29) is 35.3 Å². The molecule has 2 saturated heterocycles. The van der Waals surface area contributed by atoms with Gasteiger partial charge in [0.15, 0.2) is 11.3 Å². The Bertz CT molecular complexity index is 2350. The number of aryl methyl sites for hydroxylation is 2. The molecule has 0 bridgehead atoms. The zero-order valence-corrected chi connectivity index (χ0v) is 31.8. The molecule has 2 N–H and O–H groups in total. The SMILES string of the molecule is CCc1cnc2c(C(=O)Nc3cn([C@H]4CC[C@H](CN(C)C5CCN(c6cccc7c6n(C)c(=O)n7C6CCC(=O)NC6=O)CC5)CC4)nc3C(F)F)cnn2c1. The van der Waals surface area contributed by atoms with Crippen molar-refractivity contribution in [3.05, 3.63) is 70.3 Å². The average Bonchev–Trinajstić information content (AvgIpc) is 3.89. The van der Waals surface area contributed by atoms with E-state index in [9.17, 15) is 28.0 Å². The summed E-state index contributed by atoms with van der Waals surface area (Å²) >= 11 is 0. The summed E-state index contributed by atoms with van der Waals surface area (Å²) in [6, 6.07) is 5.44. The number of imidazole rings is 1. The first-order valence-electron chi connectivity index (χ1n) is 19.5. The second-order valence-corrected chi connectivity index (χ2v) is 15.5. The van der Waals surface area contributed by atoms with Gasteiger partial charge in [0.25, 0.3) is 12.3 Å². The summed E-state index contributed by atoms with van der Waals surface area (Å²) in [5.74, 6) is -0.865. The third kappa shape index (κ3) is 6.96. The van der Waals surface area contributed by atoms with Gasteiger partial charge in [0.2, 0.25) is 11.8 Å². The number of hydrogen-bond donors (Lipinski definition) is 2. The molecule has 0 spiro atoms. The smallest absolute Gasteiger partial charge is 0.329 e. The standard InChI is InChI=1S/C39H47F2N11O4/c1-4-23-18-42-36-27(19-43-51(36)21-23)37(54)44-28-22-50(46-33(28)35(40)41)26-10-8-24(9-11-26)20-47(2)25-14-16-49(17-15-25)29-6-5-7-30-34(29)48(3)39(56)52(30)31-12-13-32(53)45-38(31)55/h5-7,18-19,21-22,24-26,31,35H,4,8-17,20H2,1-3H3,(H,44,54)(H,45,53,55)/t24-,26-,31?. The minimum Gasteiger partial charge on any atom is -0.370 e. The van der Waals surface area contributed by atoms with Crippen LogP contribution in [0.1, 0.15) is 98.4 Å². The van der Waals surface area contributed by atoms with E-state index in [1.807, 2.05) is 25.1 Å². The van der Waals surface area contributed by atoms with Crippen molar-refractivity contribution in [2.75, 3.05) is 36.9 Å². The van der Waals surface area contributed by atoms with Gasteiger partial charge in [0, 0.05) is 57.7 Å². The molecule has 17 heteroatoms. The van der Waals surface area contributed by atoms with Gasteiger partial charge in [0.05, 0.1) is 34.6 Å². The Morgan fingerprint density at radius 3 is 2.52 bits per heavy atom. The molecule has 3 fully saturated rings. The van der Waals surface area contributed by atoms with Crippen molar-refractivity contribution in [1.82, 2.24) is 43.7 Å². The van der Waals surface area contributed by atoms with E-state index < -0.39 is 30.0 Å². The van der Waals surface area contributed by atoms with Crippen LogP contribution in [0, 0.1) is 5.92 Å². The number of carbonyl (C=O) groups is 3. The van der Waals surface area contributed by atoms with Gasteiger partial charge in [-0.15, -0.1) is 0 Å². The molecule has 1 atom stereocenters. The number of fused-ring (bicyclic) bond motifs is 2. The van der Waals surface area contributed by atoms with E-state index in [1.54, 1.807) is 28.7 Å². The van der Waals surface area contributed by atoms with E-state index in [0.29, 0.717) is 29.5 Å². The monoisotopic (exact) mass is 771 g/mol. The number of carbonyl (C=O) groups excluding carboxylic acids is 3. The van der Waals surface area contributed by atoms with E-state index in [1.165, 1.54) is 21.5 Å². The summed E-state index contributed by atoms with van der Waals surface area (Å²) in [5, 5.41) is 13.5. The van der Waals surface area contributed by atoms with Crippen LogP contribution in [0.4, 0.5) is 20.2 Å². The molecule has 1 aliphatic carbocycles. The predicted octanol–water partition coefficient (Wildman–Crippen LogP) is 4.64. The molecule has 2 aliphatic heterocycles. The number of benzene rings is 1. The summed E-state index contributed by atoms with van der Waals surface area (Å²) in [7, 11) is 3.91. The topological polar surface area (TPSA) is 157 Å². The Kier molecular flexibility index (Phi) is 10.2. The number of anilines is 2. The van der Waals surface area contributed by atoms with Crippen LogP contribution in [-0.2, 0) is 23.1 Å². The van der Waals surface area contributed by atoms with Crippen LogP contribution < -0.4 is 21.2 Å². The molecule has 296 valence electrons. The number of aromatic nitrogens is 7. The summed E-state index contributed by atoms with van der Waals surface area (Å²) in [6.45, 7) is 4.56. The van der Waals surface area contributed by atoms with Crippen LogP contribution in [0.15, 0.2) is 47.8 Å². The molecule has 3 aliphatic rings. The highest BCUT2D eigenvalue weighted by atomic mass is 19.3. The molecule has 1 unspecified atom stereocenters. The highest BCUT2D eigenvalue weighted by Gasteiger charge is 2.34. The molecule has 5 aromatic rings. The highest BCUT2D eigenvalue weighted by Crippen LogP contribution is 2.37. The molecule has 6 heterocycles. The Morgan fingerprint density at radius 1 is 1.04 bits per heavy atom. The van der Waals surface area contributed by atoms with Gasteiger partial charge in [-0.3, -0.25) is 33.5 Å². The van der Waals surface area contributed by atoms with Crippen molar-refractivity contribution < 1.29 is 23.2 Å². The van der Waals surface area contributed by atoms with Crippen molar-refractivity contribution in [3.8, 4) is 0 Å². The fraction of sp³-hybridized carbons (Fsp3) is 0.513. The number of alkyl halides is 2.